The molecule has 4 rings (SSSR count). The highest BCUT2D eigenvalue weighted by Gasteiger charge is 2.30. The van der Waals surface area contributed by atoms with Crippen molar-refractivity contribution >= 4 is 11.9 Å². The molecule has 222 valence electrons. The number of aromatic carboxylic acids is 1. The molecule has 11 heteroatoms. The van der Waals surface area contributed by atoms with Crippen LogP contribution in [0.3, 0.4) is 0 Å². The van der Waals surface area contributed by atoms with Crippen LogP contribution >= 0.6 is 0 Å². The fraction of sp³-hybridized carbons (Fsp3) is 0.323. The molecule has 0 unspecified atom stereocenters. The third-order valence-electron chi connectivity index (χ3n) is 6.44. The number of alkyl halides is 3. The van der Waals surface area contributed by atoms with E-state index in [9.17, 15) is 22.8 Å². The van der Waals surface area contributed by atoms with Crippen LogP contribution in [0.25, 0.3) is 22.5 Å². The number of carboxylic acid groups (broad SMARTS) is 2. The monoisotopic (exact) mass is 582 g/mol. The number of carbonyl (C=O) groups is 2. The summed E-state index contributed by atoms with van der Waals surface area (Å²) < 4.78 is 37.1. The van der Waals surface area contributed by atoms with Gasteiger partial charge in [0.05, 0.1) is 11.1 Å². The fourth-order valence-corrected chi connectivity index (χ4v) is 4.13. The zero-order valence-electron chi connectivity index (χ0n) is 23.2. The highest BCUT2D eigenvalue weighted by atomic mass is 19.4. The van der Waals surface area contributed by atoms with Gasteiger partial charge in [-0.3, -0.25) is 4.79 Å². The second-order valence-electron chi connectivity index (χ2n) is 9.71. The number of nitrogens with zero attached hydrogens (tertiary/aromatic N) is 4. The first kappa shape index (κ1) is 32.0. The SMILES string of the molecule is CCCCCCCCc1ccc(-c2ccc(C(=O)O)cc2)cc1.O=C(O)Cn1nnc(-c2ccc(C(F)(F)F)cc2)n1. The largest absolute Gasteiger partial charge is 0.480 e. The molecule has 0 aliphatic heterocycles. The first-order valence-corrected chi connectivity index (χ1v) is 13.7. The second-order valence-corrected chi connectivity index (χ2v) is 9.71. The highest BCUT2D eigenvalue weighted by Crippen LogP contribution is 2.30. The van der Waals surface area contributed by atoms with Crippen LogP contribution in [-0.2, 0) is 23.9 Å². The van der Waals surface area contributed by atoms with E-state index in [0.29, 0.717) is 11.1 Å². The Morgan fingerprint density at radius 2 is 1.31 bits per heavy atom. The van der Waals surface area contributed by atoms with Gasteiger partial charge in [-0.2, -0.15) is 18.0 Å². The van der Waals surface area contributed by atoms with Gasteiger partial charge < -0.3 is 10.2 Å². The number of hydrogen-bond acceptors (Lipinski definition) is 5. The predicted octanol–water partition coefficient (Wildman–Crippen LogP) is 7.40. The van der Waals surface area contributed by atoms with Gasteiger partial charge in [0, 0.05) is 5.56 Å². The number of aliphatic carboxylic acids is 1. The molecular formula is C31H33F3N4O4. The van der Waals surface area contributed by atoms with Gasteiger partial charge in [-0.05, 0) is 59.0 Å². The lowest BCUT2D eigenvalue weighted by Gasteiger charge is -2.05. The number of halogens is 3. The Hall–Kier alpha value is -4.54. The lowest BCUT2D eigenvalue weighted by atomic mass is 10.00. The molecule has 0 amide bonds. The summed E-state index contributed by atoms with van der Waals surface area (Å²) in [5.41, 5.74) is 3.44. The molecule has 8 nitrogen and oxygen atoms in total. The summed E-state index contributed by atoms with van der Waals surface area (Å²) in [5, 5.41) is 28.2. The Morgan fingerprint density at radius 3 is 1.86 bits per heavy atom. The molecule has 1 aromatic heterocycles. The van der Waals surface area contributed by atoms with Crippen molar-refractivity contribution in [1.82, 2.24) is 20.2 Å². The van der Waals surface area contributed by atoms with Crippen molar-refractivity contribution in [3.63, 3.8) is 0 Å². The molecule has 0 atom stereocenters. The summed E-state index contributed by atoms with van der Waals surface area (Å²) in [7, 11) is 0. The van der Waals surface area contributed by atoms with Crippen molar-refractivity contribution in [3.8, 4) is 22.5 Å². The molecule has 3 aromatic carbocycles. The molecule has 0 spiro atoms. The number of rotatable bonds is 12. The van der Waals surface area contributed by atoms with Crippen molar-refractivity contribution in [2.45, 2.75) is 64.6 Å². The van der Waals surface area contributed by atoms with E-state index in [2.05, 4.69) is 46.6 Å². The highest BCUT2D eigenvalue weighted by molar-refractivity contribution is 5.88. The lowest BCUT2D eigenvalue weighted by Crippen LogP contribution is -2.11. The molecule has 0 bridgehead atoms. The summed E-state index contributed by atoms with van der Waals surface area (Å²) in [6.07, 6.45) is 4.68. The maximum absolute atomic E-state index is 12.4. The van der Waals surface area contributed by atoms with Gasteiger partial charge in [0.15, 0.2) is 6.54 Å². The van der Waals surface area contributed by atoms with Gasteiger partial charge in [-0.1, -0.05) is 87.6 Å². The number of carboxylic acids is 2. The molecule has 0 aliphatic rings. The molecule has 0 saturated carbocycles. The van der Waals surface area contributed by atoms with Crippen molar-refractivity contribution in [1.29, 1.82) is 0 Å². The van der Waals surface area contributed by atoms with E-state index in [-0.39, 0.29) is 5.82 Å². The van der Waals surface area contributed by atoms with Gasteiger partial charge in [-0.25, -0.2) is 4.79 Å². The minimum absolute atomic E-state index is 0.0648. The Morgan fingerprint density at radius 1 is 0.762 bits per heavy atom. The summed E-state index contributed by atoms with van der Waals surface area (Å²) in [5.74, 6) is -1.96. The van der Waals surface area contributed by atoms with E-state index in [0.717, 1.165) is 34.5 Å². The molecular weight excluding hydrogens is 549 g/mol. The molecule has 0 fully saturated rings. The maximum Gasteiger partial charge on any atom is 0.416 e. The second kappa shape index (κ2) is 15.5. The summed E-state index contributed by atoms with van der Waals surface area (Å²) in [6, 6.07) is 19.9. The Balaban J connectivity index is 0.000000235. The Bertz CT molecular complexity index is 1420. The quantitative estimate of drug-likeness (QED) is 0.167. The zero-order valence-corrected chi connectivity index (χ0v) is 23.2. The van der Waals surface area contributed by atoms with Crippen LogP contribution < -0.4 is 0 Å². The third-order valence-corrected chi connectivity index (χ3v) is 6.44. The first-order valence-electron chi connectivity index (χ1n) is 13.7. The van der Waals surface area contributed by atoms with Crippen LogP contribution in [0.5, 0.6) is 0 Å². The maximum atomic E-state index is 12.4. The molecule has 0 aliphatic carbocycles. The first-order chi connectivity index (χ1) is 20.1. The number of hydrogen-bond donors (Lipinski definition) is 2. The number of aromatic nitrogens is 4. The summed E-state index contributed by atoms with van der Waals surface area (Å²) in [6.45, 7) is 1.78. The van der Waals surface area contributed by atoms with Crippen molar-refractivity contribution in [2.75, 3.05) is 0 Å². The fourth-order valence-electron chi connectivity index (χ4n) is 4.13. The molecule has 42 heavy (non-hydrogen) atoms. The van der Waals surface area contributed by atoms with E-state index in [1.807, 2.05) is 12.1 Å². The van der Waals surface area contributed by atoms with Gasteiger partial charge >= 0.3 is 18.1 Å². The predicted molar refractivity (Wildman–Crippen MR) is 152 cm³/mol. The Labute approximate surface area is 241 Å². The van der Waals surface area contributed by atoms with Crippen molar-refractivity contribution in [2.24, 2.45) is 0 Å². The molecule has 1 heterocycles. The standard InChI is InChI=1S/C21H26O2.C10H7F3N4O2/c1-2-3-4-5-6-7-8-17-9-11-18(12-10-17)19-13-15-20(16-14-19)21(22)23;11-10(12,13)7-3-1-6(2-4-7)9-14-16-17(15-9)5-8(18)19/h9-16H,2-8H2,1H3,(H,22,23);1-4H,5H2,(H,18,19). The van der Waals surface area contributed by atoms with E-state index in [4.69, 9.17) is 10.2 Å². The molecule has 0 saturated heterocycles. The normalized spacial score (nSPS) is 11.0. The van der Waals surface area contributed by atoms with Gasteiger partial charge in [0.25, 0.3) is 0 Å². The summed E-state index contributed by atoms with van der Waals surface area (Å²) in [4.78, 5) is 22.1. The van der Waals surface area contributed by atoms with E-state index in [1.165, 1.54) is 56.2 Å². The molecule has 2 N–H and O–H groups in total. The van der Waals surface area contributed by atoms with Gasteiger partial charge in [-0.15, -0.1) is 10.2 Å². The van der Waals surface area contributed by atoms with Crippen LogP contribution in [0.15, 0.2) is 72.8 Å². The number of tetrazole rings is 1. The lowest BCUT2D eigenvalue weighted by molar-refractivity contribution is -0.138. The van der Waals surface area contributed by atoms with Crippen LogP contribution in [0.1, 0.15) is 66.9 Å². The van der Waals surface area contributed by atoms with E-state index in [1.54, 1.807) is 12.1 Å². The van der Waals surface area contributed by atoms with Gasteiger partial charge in [0.2, 0.25) is 5.82 Å². The smallest absolute Gasteiger partial charge is 0.416 e. The average Bonchev–Trinajstić information content (AvgIpc) is 3.43. The van der Waals surface area contributed by atoms with Crippen molar-refractivity contribution in [3.05, 3.63) is 89.5 Å². The van der Waals surface area contributed by atoms with E-state index >= 15 is 0 Å². The van der Waals surface area contributed by atoms with Crippen LogP contribution in [0.4, 0.5) is 13.2 Å². The third kappa shape index (κ3) is 10.1. The topological polar surface area (TPSA) is 118 Å². The van der Waals surface area contributed by atoms with Crippen LogP contribution in [-0.4, -0.2) is 42.4 Å². The van der Waals surface area contributed by atoms with Crippen LogP contribution in [0.2, 0.25) is 0 Å². The zero-order chi connectivity index (χ0) is 30.5. The number of aryl methyl sites for hydroxylation is 1. The average molecular weight is 583 g/mol. The minimum Gasteiger partial charge on any atom is -0.480 e. The van der Waals surface area contributed by atoms with E-state index < -0.39 is 30.2 Å². The minimum atomic E-state index is -4.41. The molecule has 4 aromatic rings. The number of benzene rings is 3. The van der Waals surface area contributed by atoms with Crippen molar-refractivity contribution < 1.29 is 33.0 Å². The van der Waals surface area contributed by atoms with Gasteiger partial charge in [0.1, 0.15) is 0 Å². The number of unbranched alkanes of at least 4 members (excludes halogenated alkanes) is 5. The Kier molecular flexibility index (Phi) is 11.8. The molecule has 0 radical (unpaired) electrons. The summed E-state index contributed by atoms with van der Waals surface area (Å²) >= 11 is 0. The van der Waals surface area contributed by atoms with Crippen LogP contribution in [0, 0.1) is 0 Å².